The summed E-state index contributed by atoms with van der Waals surface area (Å²) in [6, 6.07) is 9.10. The van der Waals surface area contributed by atoms with E-state index in [1.165, 1.54) is 11.3 Å². The maximum Gasteiger partial charge on any atom is 0.274 e. The highest BCUT2D eigenvalue weighted by Gasteiger charge is 2.14. The number of halogens is 1. The van der Waals surface area contributed by atoms with Crippen molar-refractivity contribution in [3.8, 4) is 0 Å². The molecule has 0 saturated heterocycles. The topological polar surface area (TPSA) is 58.4 Å². The molecule has 20 heavy (non-hydrogen) atoms. The summed E-state index contributed by atoms with van der Waals surface area (Å²) in [7, 11) is 1.78. The Kier molecular flexibility index (Phi) is 3.33. The highest BCUT2D eigenvalue weighted by Crippen LogP contribution is 2.28. The summed E-state index contributed by atoms with van der Waals surface area (Å²) in [6.45, 7) is 0. The second-order valence-corrected chi connectivity index (χ2v) is 5.60. The molecular formula is C13H11ClN4OS. The standard InChI is InChI=1S/C13H11ClN4OS/c1-15-11-5-3-8-2-4-10(18(8)17-11)13(19)16-9-6-7-20-12(9)14/h2-7H,1H3,(H,15,17)(H,16,19). The number of fused-ring (bicyclic) bond motifs is 1. The molecule has 0 atom stereocenters. The number of aromatic nitrogens is 2. The largest absolute Gasteiger partial charge is 0.372 e. The van der Waals surface area contributed by atoms with Gasteiger partial charge in [0.2, 0.25) is 0 Å². The van der Waals surface area contributed by atoms with E-state index in [0.29, 0.717) is 21.5 Å². The zero-order valence-corrected chi connectivity index (χ0v) is 12.1. The van der Waals surface area contributed by atoms with Gasteiger partial charge >= 0.3 is 0 Å². The van der Waals surface area contributed by atoms with Crippen LogP contribution < -0.4 is 10.6 Å². The number of hydrogen-bond donors (Lipinski definition) is 2. The lowest BCUT2D eigenvalue weighted by Gasteiger charge is -2.05. The lowest BCUT2D eigenvalue weighted by Crippen LogP contribution is -2.15. The van der Waals surface area contributed by atoms with Gasteiger partial charge in [0.1, 0.15) is 15.8 Å². The molecule has 3 aromatic rings. The Morgan fingerprint density at radius 1 is 1.30 bits per heavy atom. The fraction of sp³-hybridized carbons (Fsp3) is 0.0769. The van der Waals surface area contributed by atoms with E-state index in [0.717, 1.165) is 5.52 Å². The number of anilines is 2. The molecule has 0 aliphatic rings. The van der Waals surface area contributed by atoms with Crippen LogP contribution >= 0.6 is 22.9 Å². The minimum absolute atomic E-state index is 0.244. The highest BCUT2D eigenvalue weighted by molar-refractivity contribution is 7.15. The zero-order chi connectivity index (χ0) is 14.1. The number of thiophene rings is 1. The molecule has 0 aliphatic heterocycles. The van der Waals surface area contributed by atoms with Crippen LogP contribution in [0.1, 0.15) is 10.5 Å². The van der Waals surface area contributed by atoms with Crippen LogP contribution in [0.4, 0.5) is 11.5 Å². The second kappa shape index (κ2) is 5.15. The van der Waals surface area contributed by atoms with Crippen molar-refractivity contribution in [2.75, 3.05) is 17.7 Å². The van der Waals surface area contributed by atoms with Gasteiger partial charge in [0.05, 0.1) is 11.2 Å². The van der Waals surface area contributed by atoms with Gasteiger partial charge in [0.15, 0.2) is 0 Å². The van der Waals surface area contributed by atoms with Crippen molar-refractivity contribution in [3.05, 3.63) is 45.7 Å². The summed E-state index contributed by atoms with van der Waals surface area (Å²) in [5.41, 5.74) is 1.92. The van der Waals surface area contributed by atoms with Crippen LogP contribution in [-0.4, -0.2) is 22.6 Å². The summed E-state index contributed by atoms with van der Waals surface area (Å²) < 4.78 is 2.16. The number of carbonyl (C=O) groups is 1. The first-order chi connectivity index (χ1) is 9.69. The van der Waals surface area contributed by atoms with E-state index in [1.807, 2.05) is 23.6 Å². The van der Waals surface area contributed by atoms with Gasteiger partial charge in [0.25, 0.3) is 5.91 Å². The third-order valence-electron chi connectivity index (χ3n) is 2.86. The highest BCUT2D eigenvalue weighted by atomic mass is 35.5. The van der Waals surface area contributed by atoms with E-state index in [1.54, 1.807) is 23.7 Å². The third kappa shape index (κ3) is 2.23. The number of amides is 1. The molecule has 102 valence electrons. The SMILES string of the molecule is CNc1ccc2ccc(C(=O)Nc3ccsc3Cl)n2n1. The molecule has 3 rings (SSSR count). The molecule has 0 aliphatic carbocycles. The molecule has 0 fully saturated rings. The van der Waals surface area contributed by atoms with Crippen LogP contribution in [0.2, 0.25) is 4.34 Å². The Balaban J connectivity index is 1.97. The number of rotatable bonds is 3. The van der Waals surface area contributed by atoms with E-state index in [-0.39, 0.29) is 5.91 Å². The van der Waals surface area contributed by atoms with Gasteiger partial charge in [-0.2, -0.15) is 0 Å². The van der Waals surface area contributed by atoms with Crippen molar-refractivity contribution >= 4 is 45.9 Å². The third-order valence-corrected chi connectivity index (χ3v) is 4.03. The predicted octanol–water partition coefficient (Wildman–Crippen LogP) is 3.34. The number of hydrogen-bond acceptors (Lipinski definition) is 4. The number of carbonyl (C=O) groups excluding carboxylic acids is 1. The maximum absolute atomic E-state index is 12.3. The fourth-order valence-electron chi connectivity index (χ4n) is 1.86. The lowest BCUT2D eigenvalue weighted by molar-refractivity contribution is 0.102. The normalized spacial score (nSPS) is 10.7. The minimum atomic E-state index is -0.244. The van der Waals surface area contributed by atoms with E-state index in [4.69, 9.17) is 11.6 Å². The summed E-state index contributed by atoms with van der Waals surface area (Å²) in [4.78, 5) is 12.3. The molecule has 2 N–H and O–H groups in total. The van der Waals surface area contributed by atoms with Crippen molar-refractivity contribution in [2.24, 2.45) is 0 Å². The predicted molar refractivity (Wildman–Crippen MR) is 82.0 cm³/mol. The molecule has 0 unspecified atom stereocenters. The van der Waals surface area contributed by atoms with Gasteiger partial charge in [-0.05, 0) is 35.7 Å². The van der Waals surface area contributed by atoms with Crippen molar-refractivity contribution in [1.29, 1.82) is 0 Å². The summed E-state index contributed by atoms with van der Waals surface area (Å²) in [6.07, 6.45) is 0. The quantitative estimate of drug-likeness (QED) is 0.780. The van der Waals surface area contributed by atoms with Gasteiger partial charge in [-0.1, -0.05) is 11.6 Å². The summed E-state index contributed by atoms with van der Waals surface area (Å²) in [5.74, 6) is 0.447. The molecule has 0 aromatic carbocycles. The Morgan fingerprint density at radius 3 is 2.80 bits per heavy atom. The molecular weight excluding hydrogens is 296 g/mol. The van der Waals surface area contributed by atoms with E-state index < -0.39 is 0 Å². The number of nitrogens with one attached hydrogen (secondary N) is 2. The molecule has 0 radical (unpaired) electrons. The molecule has 0 spiro atoms. The van der Waals surface area contributed by atoms with E-state index in [9.17, 15) is 4.79 Å². The Labute approximate surface area is 124 Å². The van der Waals surface area contributed by atoms with Crippen LogP contribution in [0.5, 0.6) is 0 Å². The van der Waals surface area contributed by atoms with Gasteiger partial charge < -0.3 is 10.6 Å². The van der Waals surface area contributed by atoms with Crippen molar-refractivity contribution in [1.82, 2.24) is 9.61 Å². The Morgan fingerprint density at radius 2 is 2.10 bits per heavy atom. The first-order valence-electron chi connectivity index (χ1n) is 5.90. The van der Waals surface area contributed by atoms with E-state index in [2.05, 4.69) is 15.7 Å². The first-order valence-corrected chi connectivity index (χ1v) is 7.15. The Bertz CT molecular complexity index is 780. The van der Waals surface area contributed by atoms with E-state index >= 15 is 0 Å². The van der Waals surface area contributed by atoms with Crippen molar-refractivity contribution < 1.29 is 4.79 Å². The summed E-state index contributed by atoms with van der Waals surface area (Å²) in [5, 5.41) is 11.9. The molecule has 0 bridgehead atoms. The van der Waals surface area contributed by atoms with Crippen molar-refractivity contribution in [2.45, 2.75) is 0 Å². The average Bonchev–Trinajstić information content (AvgIpc) is 3.04. The smallest absolute Gasteiger partial charge is 0.274 e. The van der Waals surface area contributed by atoms with Crippen LogP contribution in [0.3, 0.4) is 0 Å². The minimum Gasteiger partial charge on any atom is -0.372 e. The monoisotopic (exact) mass is 306 g/mol. The van der Waals surface area contributed by atoms with Gasteiger partial charge in [-0.25, -0.2) is 4.52 Å². The maximum atomic E-state index is 12.3. The number of nitrogens with zero attached hydrogens (tertiary/aromatic N) is 2. The van der Waals surface area contributed by atoms with Gasteiger partial charge in [-0.15, -0.1) is 16.4 Å². The zero-order valence-electron chi connectivity index (χ0n) is 10.6. The second-order valence-electron chi connectivity index (χ2n) is 4.09. The van der Waals surface area contributed by atoms with Crippen molar-refractivity contribution in [3.63, 3.8) is 0 Å². The van der Waals surface area contributed by atoms with Crippen LogP contribution in [0.15, 0.2) is 35.7 Å². The van der Waals surface area contributed by atoms with Crippen LogP contribution in [0.25, 0.3) is 5.52 Å². The summed E-state index contributed by atoms with van der Waals surface area (Å²) >= 11 is 7.35. The first kappa shape index (κ1) is 13.0. The van der Waals surface area contributed by atoms with Gasteiger partial charge in [0, 0.05) is 7.05 Å². The van der Waals surface area contributed by atoms with Gasteiger partial charge in [-0.3, -0.25) is 4.79 Å². The molecule has 0 saturated carbocycles. The van der Waals surface area contributed by atoms with Crippen LogP contribution in [-0.2, 0) is 0 Å². The molecule has 3 heterocycles. The Hall–Kier alpha value is -2.05. The fourth-order valence-corrected chi connectivity index (χ4v) is 2.70. The van der Waals surface area contributed by atoms with Crippen LogP contribution in [0, 0.1) is 0 Å². The molecule has 1 amide bonds. The average molecular weight is 307 g/mol. The molecule has 7 heteroatoms. The molecule has 3 aromatic heterocycles. The molecule has 5 nitrogen and oxygen atoms in total. The lowest BCUT2D eigenvalue weighted by atomic mass is 10.4.